The third kappa shape index (κ3) is 5.12. The Bertz CT molecular complexity index is 472. The zero-order valence-corrected chi connectivity index (χ0v) is 13.3. The summed E-state index contributed by atoms with van der Waals surface area (Å²) in [5, 5.41) is 6.57. The van der Waals surface area contributed by atoms with E-state index in [4.69, 9.17) is 0 Å². The number of aryl methyl sites for hydroxylation is 1. The standard InChI is InChI=1S/C15H21BrFN3/c1-18-15(20-10-11-4-5-11)19-8-2-3-12-6-7-13(16)9-14(12)17/h6-7,9,11H,2-5,8,10H2,1H3,(H2,18,19,20). The molecule has 0 bridgehead atoms. The van der Waals surface area contributed by atoms with Gasteiger partial charge in [-0.15, -0.1) is 0 Å². The highest BCUT2D eigenvalue weighted by atomic mass is 79.9. The fourth-order valence-corrected chi connectivity index (χ4v) is 2.33. The predicted molar refractivity (Wildman–Crippen MR) is 84.5 cm³/mol. The molecule has 110 valence electrons. The molecular formula is C15H21BrFN3. The molecule has 20 heavy (non-hydrogen) atoms. The van der Waals surface area contributed by atoms with Crippen LogP contribution in [0.15, 0.2) is 27.7 Å². The van der Waals surface area contributed by atoms with Crippen LogP contribution < -0.4 is 10.6 Å². The Hall–Kier alpha value is -1.10. The zero-order chi connectivity index (χ0) is 14.4. The maximum absolute atomic E-state index is 13.6. The van der Waals surface area contributed by atoms with Crippen LogP contribution in [0.5, 0.6) is 0 Å². The van der Waals surface area contributed by atoms with Gasteiger partial charge in [0.15, 0.2) is 5.96 Å². The van der Waals surface area contributed by atoms with Crippen LogP contribution in [0.3, 0.4) is 0 Å². The summed E-state index contributed by atoms with van der Waals surface area (Å²) >= 11 is 3.26. The Labute approximate surface area is 128 Å². The van der Waals surface area contributed by atoms with Crippen molar-refractivity contribution in [1.82, 2.24) is 10.6 Å². The van der Waals surface area contributed by atoms with Crippen molar-refractivity contribution in [3.05, 3.63) is 34.1 Å². The number of hydrogen-bond donors (Lipinski definition) is 2. The zero-order valence-electron chi connectivity index (χ0n) is 11.8. The van der Waals surface area contributed by atoms with Crippen LogP contribution in [-0.4, -0.2) is 26.1 Å². The monoisotopic (exact) mass is 341 g/mol. The second kappa shape index (κ2) is 7.62. The number of aliphatic imine (C=N–C) groups is 1. The first-order valence-electron chi connectivity index (χ1n) is 7.07. The lowest BCUT2D eigenvalue weighted by Crippen LogP contribution is -2.38. The Morgan fingerprint density at radius 2 is 2.20 bits per heavy atom. The molecule has 2 rings (SSSR count). The Morgan fingerprint density at radius 1 is 1.40 bits per heavy atom. The number of nitrogens with zero attached hydrogens (tertiary/aromatic N) is 1. The Balaban J connectivity index is 1.66. The van der Waals surface area contributed by atoms with Gasteiger partial charge in [-0.05, 0) is 49.3 Å². The molecular weight excluding hydrogens is 321 g/mol. The number of halogens is 2. The van der Waals surface area contributed by atoms with Gasteiger partial charge in [0.1, 0.15) is 5.82 Å². The quantitative estimate of drug-likeness (QED) is 0.474. The number of hydrogen-bond acceptors (Lipinski definition) is 1. The normalized spacial score (nSPS) is 15.2. The summed E-state index contributed by atoms with van der Waals surface area (Å²) < 4.78 is 14.4. The van der Waals surface area contributed by atoms with Crippen LogP contribution in [-0.2, 0) is 6.42 Å². The predicted octanol–water partition coefficient (Wildman–Crippen LogP) is 3.10. The van der Waals surface area contributed by atoms with Gasteiger partial charge in [-0.3, -0.25) is 4.99 Å². The molecule has 0 aliphatic heterocycles. The molecule has 1 aliphatic carbocycles. The first-order valence-corrected chi connectivity index (χ1v) is 7.87. The maximum Gasteiger partial charge on any atom is 0.190 e. The van der Waals surface area contributed by atoms with Crippen molar-refractivity contribution in [3.63, 3.8) is 0 Å². The van der Waals surface area contributed by atoms with E-state index < -0.39 is 0 Å². The second-order valence-corrected chi connectivity index (χ2v) is 6.08. The molecule has 1 aromatic carbocycles. The van der Waals surface area contributed by atoms with Crippen molar-refractivity contribution >= 4 is 21.9 Å². The molecule has 0 spiro atoms. The van der Waals surface area contributed by atoms with E-state index in [1.807, 2.05) is 12.1 Å². The average molecular weight is 342 g/mol. The SMILES string of the molecule is CN=C(NCCCc1ccc(Br)cc1F)NCC1CC1. The first-order chi connectivity index (χ1) is 9.69. The van der Waals surface area contributed by atoms with Gasteiger partial charge in [0, 0.05) is 24.6 Å². The van der Waals surface area contributed by atoms with Crippen LogP contribution in [0, 0.1) is 11.7 Å². The highest BCUT2D eigenvalue weighted by Gasteiger charge is 2.20. The minimum absolute atomic E-state index is 0.143. The van der Waals surface area contributed by atoms with Crippen molar-refractivity contribution in [1.29, 1.82) is 0 Å². The van der Waals surface area contributed by atoms with Crippen molar-refractivity contribution < 1.29 is 4.39 Å². The van der Waals surface area contributed by atoms with Gasteiger partial charge in [0.05, 0.1) is 0 Å². The molecule has 0 heterocycles. The van der Waals surface area contributed by atoms with E-state index in [0.717, 1.165) is 47.8 Å². The van der Waals surface area contributed by atoms with Crippen molar-refractivity contribution in [2.24, 2.45) is 10.9 Å². The fourth-order valence-electron chi connectivity index (χ4n) is 1.99. The molecule has 5 heteroatoms. The number of guanidine groups is 1. The molecule has 3 nitrogen and oxygen atoms in total. The lowest BCUT2D eigenvalue weighted by molar-refractivity contribution is 0.601. The maximum atomic E-state index is 13.6. The van der Waals surface area contributed by atoms with Crippen LogP contribution in [0.25, 0.3) is 0 Å². The van der Waals surface area contributed by atoms with Crippen LogP contribution in [0.4, 0.5) is 4.39 Å². The van der Waals surface area contributed by atoms with Gasteiger partial charge < -0.3 is 10.6 Å². The Morgan fingerprint density at radius 3 is 2.85 bits per heavy atom. The molecule has 0 atom stereocenters. The summed E-state index contributed by atoms with van der Waals surface area (Å²) in [5.74, 6) is 1.52. The number of nitrogens with one attached hydrogen (secondary N) is 2. The average Bonchev–Trinajstić information content (AvgIpc) is 3.24. The molecule has 1 aromatic rings. The smallest absolute Gasteiger partial charge is 0.190 e. The van der Waals surface area contributed by atoms with E-state index in [-0.39, 0.29) is 5.82 Å². The van der Waals surface area contributed by atoms with Crippen molar-refractivity contribution in [2.75, 3.05) is 20.1 Å². The minimum atomic E-state index is -0.143. The van der Waals surface area contributed by atoms with Crippen LogP contribution >= 0.6 is 15.9 Å². The largest absolute Gasteiger partial charge is 0.356 e. The molecule has 0 unspecified atom stereocenters. The van der Waals surface area contributed by atoms with Gasteiger partial charge in [-0.25, -0.2) is 4.39 Å². The van der Waals surface area contributed by atoms with Gasteiger partial charge >= 0.3 is 0 Å². The molecule has 0 amide bonds. The molecule has 1 aliphatic rings. The molecule has 2 N–H and O–H groups in total. The third-order valence-corrected chi connectivity index (χ3v) is 3.90. The summed E-state index contributed by atoms with van der Waals surface area (Å²) in [7, 11) is 1.77. The van der Waals surface area contributed by atoms with Crippen LogP contribution in [0.2, 0.25) is 0 Å². The summed E-state index contributed by atoms with van der Waals surface area (Å²) in [5.41, 5.74) is 0.760. The summed E-state index contributed by atoms with van der Waals surface area (Å²) in [6.45, 7) is 1.79. The first kappa shape index (κ1) is 15.3. The van der Waals surface area contributed by atoms with E-state index in [2.05, 4.69) is 31.6 Å². The molecule has 0 saturated heterocycles. The number of benzene rings is 1. The van der Waals surface area contributed by atoms with Gasteiger partial charge in [-0.1, -0.05) is 22.0 Å². The molecule has 1 fully saturated rings. The van der Waals surface area contributed by atoms with Crippen LogP contribution in [0.1, 0.15) is 24.8 Å². The summed E-state index contributed by atoms with van der Waals surface area (Å²) in [4.78, 5) is 4.18. The van der Waals surface area contributed by atoms with Gasteiger partial charge in [0.25, 0.3) is 0 Å². The Kier molecular flexibility index (Phi) is 5.83. The lowest BCUT2D eigenvalue weighted by Gasteiger charge is -2.11. The van der Waals surface area contributed by atoms with Gasteiger partial charge in [-0.2, -0.15) is 0 Å². The van der Waals surface area contributed by atoms with E-state index in [1.54, 1.807) is 7.05 Å². The highest BCUT2D eigenvalue weighted by molar-refractivity contribution is 9.10. The van der Waals surface area contributed by atoms with Crippen molar-refractivity contribution in [2.45, 2.75) is 25.7 Å². The lowest BCUT2D eigenvalue weighted by atomic mass is 10.1. The van der Waals surface area contributed by atoms with E-state index in [0.29, 0.717) is 0 Å². The summed E-state index contributed by atoms with van der Waals surface area (Å²) in [6, 6.07) is 5.22. The van der Waals surface area contributed by atoms with E-state index in [1.165, 1.54) is 18.9 Å². The van der Waals surface area contributed by atoms with Gasteiger partial charge in [0.2, 0.25) is 0 Å². The number of rotatable bonds is 6. The second-order valence-electron chi connectivity index (χ2n) is 5.16. The minimum Gasteiger partial charge on any atom is -0.356 e. The summed E-state index contributed by atoms with van der Waals surface area (Å²) in [6.07, 6.45) is 4.26. The molecule has 1 saturated carbocycles. The van der Waals surface area contributed by atoms with Crippen molar-refractivity contribution in [3.8, 4) is 0 Å². The van der Waals surface area contributed by atoms with E-state index in [9.17, 15) is 4.39 Å². The molecule has 0 radical (unpaired) electrons. The third-order valence-electron chi connectivity index (χ3n) is 3.41. The topological polar surface area (TPSA) is 36.4 Å². The fraction of sp³-hybridized carbons (Fsp3) is 0.533. The highest BCUT2D eigenvalue weighted by Crippen LogP contribution is 2.27. The molecule has 0 aromatic heterocycles. The van der Waals surface area contributed by atoms with E-state index >= 15 is 0 Å².